The summed E-state index contributed by atoms with van der Waals surface area (Å²) in [5.74, 6) is -0.920. The molecule has 0 fully saturated rings. The van der Waals surface area contributed by atoms with Crippen LogP contribution in [0.15, 0.2) is 24.3 Å². The van der Waals surface area contributed by atoms with Gasteiger partial charge in [-0.1, -0.05) is 128 Å². The highest BCUT2D eigenvalue weighted by Crippen LogP contribution is 2.36. The normalized spacial score (nSPS) is 12.7. The SMILES string of the molecule is CCCCCCCC/C=C/CCCCCC(=O)OC[C@H](COP(=O)(O)O)OC(=O)CCCCC/C=C/CCCCCCCCCC. The zero-order valence-electron chi connectivity index (χ0n) is 29.5. The van der Waals surface area contributed by atoms with Crippen LogP contribution in [-0.2, 0) is 28.2 Å². The monoisotopic (exact) mass is 672 g/mol. The van der Waals surface area contributed by atoms with Gasteiger partial charge in [0, 0.05) is 12.8 Å². The van der Waals surface area contributed by atoms with Gasteiger partial charge in [0.05, 0.1) is 6.61 Å². The van der Waals surface area contributed by atoms with Crippen molar-refractivity contribution in [1.29, 1.82) is 0 Å². The molecule has 0 aromatic rings. The van der Waals surface area contributed by atoms with E-state index in [1.54, 1.807) is 0 Å². The first-order valence-corrected chi connectivity index (χ1v) is 20.2. The Morgan fingerprint density at radius 2 is 0.913 bits per heavy atom. The van der Waals surface area contributed by atoms with Gasteiger partial charge in [0.1, 0.15) is 6.61 Å². The molecular formula is C37H69O8P. The number of carbonyl (C=O) groups is 2. The number of esters is 2. The van der Waals surface area contributed by atoms with Crippen LogP contribution >= 0.6 is 7.82 Å². The van der Waals surface area contributed by atoms with E-state index in [9.17, 15) is 14.2 Å². The molecule has 0 amide bonds. The Kier molecular flexibility index (Phi) is 32.4. The van der Waals surface area contributed by atoms with Gasteiger partial charge in [0.25, 0.3) is 0 Å². The Labute approximate surface area is 281 Å². The minimum atomic E-state index is -4.75. The molecule has 270 valence electrons. The lowest BCUT2D eigenvalue weighted by Gasteiger charge is -2.18. The van der Waals surface area contributed by atoms with Gasteiger partial charge < -0.3 is 19.3 Å². The molecule has 8 nitrogen and oxygen atoms in total. The van der Waals surface area contributed by atoms with Crippen molar-refractivity contribution in [2.45, 2.75) is 187 Å². The van der Waals surface area contributed by atoms with Crippen LogP contribution in [0.5, 0.6) is 0 Å². The summed E-state index contributed by atoms with van der Waals surface area (Å²) >= 11 is 0. The summed E-state index contributed by atoms with van der Waals surface area (Å²) in [6, 6.07) is 0. The summed E-state index contributed by atoms with van der Waals surface area (Å²) in [5, 5.41) is 0. The summed E-state index contributed by atoms with van der Waals surface area (Å²) < 4.78 is 26.2. The van der Waals surface area contributed by atoms with Crippen molar-refractivity contribution in [1.82, 2.24) is 0 Å². The van der Waals surface area contributed by atoms with Gasteiger partial charge in [0.15, 0.2) is 6.10 Å². The molecule has 0 rings (SSSR count). The number of rotatable bonds is 34. The number of carbonyl (C=O) groups excluding carboxylic acids is 2. The maximum atomic E-state index is 12.3. The summed E-state index contributed by atoms with van der Waals surface area (Å²) in [4.78, 5) is 42.6. The average molecular weight is 673 g/mol. The first-order valence-electron chi connectivity index (χ1n) is 18.6. The molecule has 0 aromatic heterocycles. The Morgan fingerprint density at radius 1 is 0.543 bits per heavy atom. The maximum Gasteiger partial charge on any atom is 0.469 e. The van der Waals surface area contributed by atoms with Crippen molar-refractivity contribution in [3.63, 3.8) is 0 Å². The molecule has 0 unspecified atom stereocenters. The van der Waals surface area contributed by atoms with Crippen molar-refractivity contribution >= 4 is 19.8 Å². The fourth-order valence-electron chi connectivity index (χ4n) is 5.13. The van der Waals surface area contributed by atoms with Crippen LogP contribution in [-0.4, -0.2) is 41.0 Å². The quantitative estimate of drug-likeness (QED) is 0.0300. The van der Waals surface area contributed by atoms with Crippen LogP contribution in [0.4, 0.5) is 0 Å². The molecular weight excluding hydrogens is 603 g/mol. The van der Waals surface area contributed by atoms with Crippen LogP contribution in [0.25, 0.3) is 0 Å². The van der Waals surface area contributed by atoms with Crippen molar-refractivity contribution in [2.24, 2.45) is 0 Å². The number of hydrogen-bond acceptors (Lipinski definition) is 6. The number of unbranched alkanes of at least 4 members (excludes halogenated alkanes) is 20. The molecule has 46 heavy (non-hydrogen) atoms. The number of ether oxygens (including phenoxy) is 2. The van der Waals surface area contributed by atoms with Gasteiger partial charge in [-0.2, -0.15) is 0 Å². The van der Waals surface area contributed by atoms with Gasteiger partial charge >= 0.3 is 19.8 Å². The van der Waals surface area contributed by atoms with Crippen LogP contribution in [0.3, 0.4) is 0 Å². The average Bonchev–Trinajstić information content (AvgIpc) is 3.02. The molecule has 1 atom stereocenters. The lowest BCUT2D eigenvalue weighted by molar-refractivity contribution is -0.161. The smallest absolute Gasteiger partial charge is 0.462 e. The Balaban J connectivity index is 4.01. The lowest BCUT2D eigenvalue weighted by atomic mass is 10.1. The molecule has 0 heterocycles. The van der Waals surface area contributed by atoms with Crippen molar-refractivity contribution in [3.05, 3.63) is 24.3 Å². The number of phosphoric ester groups is 1. The van der Waals surface area contributed by atoms with E-state index in [2.05, 4.69) is 42.7 Å². The summed E-state index contributed by atoms with van der Waals surface area (Å²) in [6.45, 7) is 3.64. The second-order valence-corrected chi connectivity index (χ2v) is 13.8. The molecule has 0 radical (unpaired) electrons. The van der Waals surface area contributed by atoms with E-state index in [0.29, 0.717) is 12.8 Å². The van der Waals surface area contributed by atoms with E-state index in [-0.39, 0.29) is 19.4 Å². The molecule has 0 saturated heterocycles. The van der Waals surface area contributed by atoms with Crippen LogP contribution in [0.2, 0.25) is 0 Å². The Hall–Kier alpha value is -1.47. The molecule has 0 aromatic carbocycles. The van der Waals surface area contributed by atoms with E-state index in [1.165, 1.54) is 89.9 Å². The Bertz CT molecular complexity index is 807. The Morgan fingerprint density at radius 3 is 1.33 bits per heavy atom. The molecule has 0 saturated carbocycles. The number of phosphoric acid groups is 1. The largest absolute Gasteiger partial charge is 0.469 e. The predicted octanol–water partition coefficient (Wildman–Crippen LogP) is 10.8. The number of hydrogen-bond donors (Lipinski definition) is 2. The van der Waals surface area contributed by atoms with Crippen LogP contribution in [0, 0.1) is 0 Å². The first kappa shape index (κ1) is 44.5. The van der Waals surface area contributed by atoms with E-state index in [1.807, 2.05) is 0 Å². The van der Waals surface area contributed by atoms with Crippen molar-refractivity contribution in [2.75, 3.05) is 13.2 Å². The third-order valence-electron chi connectivity index (χ3n) is 7.94. The van der Waals surface area contributed by atoms with E-state index in [4.69, 9.17) is 19.3 Å². The molecule has 0 aliphatic carbocycles. The third-order valence-corrected chi connectivity index (χ3v) is 8.43. The fourth-order valence-corrected chi connectivity index (χ4v) is 5.49. The molecule has 2 N–H and O–H groups in total. The highest BCUT2D eigenvalue weighted by Gasteiger charge is 2.22. The highest BCUT2D eigenvalue weighted by molar-refractivity contribution is 7.46. The molecule has 0 aliphatic rings. The molecule has 0 aliphatic heterocycles. The molecule has 0 spiro atoms. The van der Waals surface area contributed by atoms with Gasteiger partial charge in [-0.15, -0.1) is 0 Å². The molecule has 0 bridgehead atoms. The van der Waals surface area contributed by atoms with Gasteiger partial charge in [-0.25, -0.2) is 4.57 Å². The molecule has 9 heteroatoms. The highest BCUT2D eigenvalue weighted by atomic mass is 31.2. The van der Waals surface area contributed by atoms with Gasteiger partial charge in [0.2, 0.25) is 0 Å². The van der Waals surface area contributed by atoms with E-state index in [0.717, 1.165) is 51.4 Å². The van der Waals surface area contributed by atoms with Crippen molar-refractivity contribution < 1.29 is 37.9 Å². The zero-order valence-corrected chi connectivity index (χ0v) is 30.4. The number of allylic oxidation sites excluding steroid dienone is 4. The lowest BCUT2D eigenvalue weighted by Crippen LogP contribution is -2.29. The predicted molar refractivity (Wildman–Crippen MR) is 189 cm³/mol. The minimum Gasteiger partial charge on any atom is -0.462 e. The maximum absolute atomic E-state index is 12.3. The second kappa shape index (κ2) is 33.4. The fraction of sp³-hybridized carbons (Fsp3) is 0.838. The summed E-state index contributed by atoms with van der Waals surface area (Å²) in [6.07, 6.45) is 36.1. The van der Waals surface area contributed by atoms with E-state index < -0.39 is 32.5 Å². The van der Waals surface area contributed by atoms with Gasteiger partial charge in [-0.3, -0.25) is 14.1 Å². The third kappa shape index (κ3) is 35.4. The zero-order chi connectivity index (χ0) is 34.0. The summed E-state index contributed by atoms with van der Waals surface area (Å²) in [5.41, 5.74) is 0. The van der Waals surface area contributed by atoms with Crippen LogP contribution in [0.1, 0.15) is 181 Å². The minimum absolute atomic E-state index is 0.190. The van der Waals surface area contributed by atoms with Crippen LogP contribution < -0.4 is 0 Å². The second-order valence-electron chi connectivity index (χ2n) is 12.5. The standard InChI is InChI=1S/C37H69O8P/c1-3-5-7-9-11-13-15-17-18-20-22-24-26-28-30-32-37(39)45-35(34-44-46(40,41)42)33-43-36(38)31-29-27-25-23-21-19-16-14-12-10-8-6-4-2/h19-22,35H,3-18,23-34H2,1-2H3,(H2,40,41,42)/b21-19+,22-20+/t35-/m1/s1. The van der Waals surface area contributed by atoms with E-state index >= 15 is 0 Å². The topological polar surface area (TPSA) is 119 Å². The van der Waals surface area contributed by atoms with Gasteiger partial charge in [-0.05, 0) is 64.2 Å². The first-order chi connectivity index (χ1) is 22.3. The van der Waals surface area contributed by atoms with Crippen molar-refractivity contribution in [3.8, 4) is 0 Å². The summed E-state index contributed by atoms with van der Waals surface area (Å²) in [7, 11) is -4.75.